The lowest BCUT2D eigenvalue weighted by molar-refractivity contribution is -0.132. The number of rotatable bonds is 7. The van der Waals surface area contributed by atoms with Crippen LogP contribution >= 0.6 is 12.4 Å². The topological polar surface area (TPSA) is 50.4 Å². The molecule has 0 saturated carbocycles. The van der Waals surface area contributed by atoms with E-state index in [4.69, 9.17) is 4.74 Å². The number of piperidine rings is 1. The second kappa shape index (κ2) is 10.5. The fraction of sp³-hybridized carbons (Fsp3) is 0.500. The van der Waals surface area contributed by atoms with Gasteiger partial charge in [0, 0.05) is 18.5 Å². The minimum atomic E-state index is -0.864. The first-order chi connectivity index (χ1) is 11.5. The smallest absolute Gasteiger partial charge is 0.249 e. The van der Waals surface area contributed by atoms with Gasteiger partial charge in [-0.15, -0.1) is 19.0 Å². The summed E-state index contributed by atoms with van der Waals surface area (Å²) in [6.45, 7) is 7.08. The van der Waals surface area contributed by atoms with E-state index in [1.54, 1.807) is 19.1 Å². The Morgan fingerprint density at radius 2 is 2.24 bits per heavy atom. The number of nitrogens with one attached hydrogen (secondary N) is 2. The Morgan fingerprint density at radius 3 is 2.92 bits per heavy atom. The molecule has 1 fully saturated rings. The molecule has 140 valence electrons. The minimum Gasteiger partial charge on any atom is -0.368 e. The quantitative estimate of drug-likeness (QED) is 0.570. The number of benzene rings is 1. The Labute approximate surface area is 153 Å². The molecule has 0 bridgehead atoms. The molecule has 1 aliphatic heterocycles. The van der Waals surface area contributed by atoms with E-state index in [-0.39, 0.29) is 30.3 Å². The van der Waals surface area contributed by atoms with Crippen LogP contribution < -0.4 is 10.6 Å². The summed E-state index contributed by atoms with van der Waals surface area (Å²) < 4.78 is 32.1. The normalized spacial score (nSPS) is 21.1. The summed E-state index contributed by atoms with van der Waals surface area (Å²) in [5, 5.41) is 6.18. The van der Waals surface area contributed by atoms with Crippen molar-refractivity contribution in [1.29, 1.82) is 0 Å². The Hall–Kier alpha value is -1.50. The number of halogens is 3. The molecule has 3 atom stereocenters. The van der Waals surface area contributed by atoms with E-state index in [1.807, 2.05) is 0 Å². The molecule has 1 aromatic carbocycles. The summed E-state index contributed by atoms with van der Waals surface area (Å²) in [7, 11) is 0. The molecule has 0 spiro atoms. The summed E-state index contributed by atoms with van der Waals surface area (Å²) in [6, 6.07) is 3.74. The zero-order valence-electron chi connectivity index (χ0n) is 14.3. The Morgan fingerprint density at radius 1 is 1.48 bits per heavy atom. The van der Waals surface area contributed by atoms with Gasteiger partial charge in [-0.1, -0.05) is 12.1 Å². The molecule has 1 heterocycles. The first kappa shape index (κ1) is 21.5. The third kappa shape index (κ3) is 6.06. The number of carbonyl (C=O) groups is 1. The Balaban J connectivity index is 0.00000312. The molecule has 0 radical (unpaired) electrons. The number of hydrogen-bond acceptors (Lipinski definition) is 3. The van der Waals surface area contributed by atoms with Crippen LogP contribution in [0, 0.1) is 11.6 Å². The SMILES string of the molecule is C=CCCOC(C)C(=O)NC1CNCCC1c1ccc(F)c(F)c1.Cl. The molecule has 4 nitrogen and oxygen atoms in total. The third-order valence-corrected chi connectivity index (χ3v) is 4.24. The molecule has 1 aliphatic rings. The van der Waals surface area contributed by atoms with Gasteiger partial charge in [0.2, 0.25) is 5.91 Å². The number of carbonyl (C=O) groups excluding carboxylic acids is 1. The van der Waals surface area contributed by atoms with Crippen molar-refractivity contribution in [3.05, 3.63) is 48.1 Å². The van der Waals surface area contributed by atoms with Crippen molar-refractivity contribution < 1.29 is 18.3 Å². The molecule has 0 aromatic heterocycles. The lowest BCUT2D eigenvalue weighted by Gasteiger charge is -2.34. The molecular formula is C18H25ClF2N2O2. The Bertz CT molecular complexity index is 586. The number of ether oxygens (including phenoxy) is 1. The summed E-state index contributed by atoms with van der Waals surface area (Å²) in [5.74, 6) is -2.00. The van der Waals surface area contributed by atoms with Gasteiger partial charge < -0.3 is 15.4 Å². The van der Waals surface area contributed by atoms with Crippen LogP contribution in [0.4, 0.5) is 8.78 Å². The van der Waals surface area contributed by atoms with E-state index in [2.05, 4.69) is 17.2 Å². The van der Waals surface area contributed by atoms with Gasteiger partial charge in [-0.05, 0) is 44.0 Å². The van der Waals surface area contributed by atoms with E-state index >= 15 is 0 Å². The molecule has 1 saturated heterocycles. The molecule has 25 heavy (non-hydrogen) atoms. The van der Waals surface area contributed by atoms with Crippen LogP contribution in [0.15, 0.2) is 30.9 Å². The largest absolute Gasteiger partial charge is 0.368 e. The van der Waals surface area contributed by atoms with Crippen LogP contribution in [0.1, 0.15) is 31.2 Å². The van der Waals surface area contributed by atoms with Gasteiger partial charge in [-0.3, -0.25) is 4.79 Å². The lowest BCUT2D eigenvalue weighted by atomic mass is 9.86. The zero-order valence-corrected chi connectivity index (χ0v) is 15.1. The maximum absolute atomic E-state index is 13.5. The highest BCUT2D eigenvalue weighted by Crippen LogP contribution is 2.27. The van der Waals surface area contributed by atoms with Gasteiger partial charge >= 0.3 is 0 Å². The van der Waals surface area contributed by atoms with Crippen LogP contribution in [-0.4, -0.2) is 37.7 Å². The summed E-state index contributed by atoms with van der Waals surface area (Å²) in [6.07, 6.45) is 2.58. The van der Waals surface area contributed by atoms with Crippen molar-refractivity contribution in [3.63, 3.8) is 0 Å². The Kier molecular flexibility index (Phi) is 9.03. The first-order valence-electron chi connectivity index (χ1n) is 8.21. The van der Waals surface area contributed by atoms with Gasteiger partial charge in [0.15, 0.2) is 11.6 Å². The van der Waals surface area contributed by atoms with Crippen LogP contribution in [0.2, 0.25) is 0 Å². The van der Waals surface area contributed by atoms with Gasteiger partial charge in [-0.25, -0.2) is 8.78 Å². The van der Waals surface area contributed by atoms with Crippen molar-refractivity contribution in [2.45, 2.75) is 37.8 Å². The number of hydrogen-bond donors (Lipinski definition) is 2. The average molecular weight is 375 g/mol. The number of amides is 1. The standard InChI is InChI=1S/C18H24F2N2O2.ClH/c1-3-4-9-24-12(2)18(23)22-17-11-21-8-7-14(17)13-5-6-15(19)16(20)10-13;/h3,5-6,10,12,14,17,21H,1,4,7-9,11H2,2H3,(H,22,23);1H. The van der Waals surface area contributed by atoms with Crippen LogP contribution in [0.5, 0.6) is 0 Å². The van der Waals surface area contributed by atoms with Gasteiger partial charge in [0.1, 0.15) is 6.10 Å². The minimum absolute atomic E-state index is 0. The molecule has 0 aliphatic carbocycles. The molecule has 3 unspecified atom stereocenters. The summed E-state index contributed by atoms with van der Waals surface area (Å²) in [4.78, 5) is 12.3. The summed E-state index contributed by atoms with van der Waals surface area (Å²) in [5.41, 5.74) is 0.695. The molecular weight excluding hydrogens is 350 g/mol. The monoisotopic (exact) mass is 374 g/mol. The second-order valence-electron chi connectivity index (χ2n) is 5.98. The maximum Gasteiger partial charge on any atom is 0.249 e. The highest BCUT2D eigenvalue weighted by Gasteiger charge is 2.29. The predicted octanol–water partition coefficient (Wildman–Crippen LogP) is 2.93. The maximum atomic E-state index is 13.5. The van der Waals surface area contributed by atoms with Crippen molar-refractivity contribution >= 4 is 18.3 Å². The van der Waals surface area contributed by atoms with Crippen molar-refractivity contribution in [3.8, 4) is 0 Å². The zero-order chi connectivity index (χ0) is 17.5. The van der Waals surface area contributed by atoms with Gasteiger partial charge in [0.25, 0.3) is 0 Å². The molecule has 1 aromatic rings. The highest BCUT2D eigenvalue weighted by molar-refractivity contribution is 5.85. The van der Waals surface area contributed by atoms with Crippen molar-refractivity contribution in [1.82, 2.24) is 10.6 Å². The van der Waals surface area contributed by atoms with E-state index in [0.717, 1.165) is 19.0 Å². The molecule has 7 heteroatoms. The third-order valence-electron chi connectivity index (χ3n) is 4.24. The molecule has 2 rings (SSSR count). The van der Waals surface area contributed by atoms with Gasteiger partial charge in [0.05, 0.1) is 6.61 Å². The fourth-order valence-corrected chi connectivity index (χ4v) is 2.86. The van der Waals surface area contributed by atoms with Crippen LogP contribution in [0.25, 0.3) is 0 Å². The fourth-order valence-electron chi connectivity index (χ4n) is 2.86. The molecule has 2 N–H and O–H groups in total. The second-order valence-corrected chi connectivity index (χ2v) is 5.98. The van der Waals surface area contributed by atoms with E-state index in [1.165, 1.54) is 6.07 Å². The predicted molar refractivity (Wildman–Crippen MR) is 96.0 cm³/mol. The van der Waals surface area contributed by atoms with E-state index in [0.29, 0.717) is 25.1 Å². The van der Waals surface area contributed by atoms with Crippen molar-refractivity contribution in [2.24, 2.45) is 0 Å². The highest BCUT2D eigenvalue weighted by atomic mass is 35.5. The molecule has 1 amide bonds. The van der Waals surface area contributed by atoms with E-state index < -0.39 is 17.7 Å². The average Bonchev–Trinajstić information content (AvgIpc) is 2.58. The lowest BCUT2D eigenvalue weighted by Crippen LogP contribution is -2.52. The van der Waals surface area contributed by atoms with E-state index in [9.17, 15) is 13.6 Å². The van der Waals surface area contributed by atoms with Crippen molar-refractivity contribution in [2.75, 3.05) is 19.7 Å². The van der Waals surface area contributed by atoms with Gasteiger partial charge in [-0.2, -0.15) is 0 Å². The van der Waals surface area contributed by atoms with Crippen LogP contribution in [-0.2, 0) is 9.53 Å². The van der Waals surface area contributed by atoms with Crippen LogP contribution in [0.3, 0.4) is 0 Å². The first-order valence-corrected chi connectivity index (χ1v) is 8.21. The summed E-state index contributed by atoms with van der Waals surface area (Å²) >= 11 is 0.